The number of hydrogen-bond donors (Lipinski definition) is 3. The summed E-state index contributed by atoms with van der Waals surface area (Å²) in [5.74, 6) is 0.846. The lowest BCUT2D eigenvalue weighted by Gasteiger charge is -2.35. The molecule has 0 aliphatic carbocycles. The van der Waals surface area contributed by atoms with Crippen LogP contribution in [0.5, 0.6) is 5.75 Å². The van der Waals surface area contributed by atoms with Crippen molar-refractivity contribution in [2.45, 2.75) is 13.3 Å². The highest BCUT2D eigenvalue weighted by molar-refractivity contribution is 7.13. The number of piperazine rings is 1. The number of urea groups is 1. The summed E-state index contributed by atoms with van der Waals surface area (Å²) < 4.78 is 5.29. The van der Waals surface area contributed by atoms with Crippen LogP contribution in [0, 0.1) is 0 Å². The first kappa shape index (κ1) is 24.9. The molecule has 0 unspecified atom stereocenters. The van der Waals surface area contributed by atoms with Gasteiger partial charge >= 0.3 is 6.03 Å². The van der Waals surface area contributed by atoms with Gasteiger partial charge in [-0.25, -0.2) is 14.8 Å². The van der Waals surface area contributed by atoms with E-state index < -0.39 is 0 Å². The Labute approximate surface area is 212 Å². The predicted molar refractivity (Wildman–Crippen MR) is 139 cm³/mol. The molecule has 3 aromatic rings. The van der Waals surface area contributed by atoms with Gasteiger partial charge in [-0.15, -0.1) is 11.3 Å². The number of carbonyl (C=O) groups excluding carboxylic acids is 3. The average molecular weight is 510 g/mol. The first-order valence-electron chi connectivity index (χ1n) is 11.3. The Morgan fingerprint density at radius 3 is 2.56 bits per heavy atom. The second kappa shape index (κ2) is 11.5. The highest BCUT2D eigenvalue weighted by atomic mass is 32.1. The van der Waals surface area contributed by atoms with Crippen molar-refractivity contribution in [2.24, 2.45) is 0 Å². The Kier molecular flexibility index (Phi) is 7.95. The van der Waals surface area contributed by atoms with E-state index in [1.807, 2.05) is 18.2 Å². The Bertz CT molecular complexity index is 1230. The third kappa shape index (κ3) is 6.48. The van der Waals surface area contributed by atoms with E-state index >= 15 is 0 Å². The van der Waals surface area contributed by atoms with Crippen molar-refractivity contribution in [1.82, 2.24) is 14.9 Å². The summed E-state index contributed by atoms with van der Waals surface area (Å²) >= 11 is 1.26. The first-order chi connectivity index (χ1) is 17.4. The van der Waals surface area contributed by atoms with Crippen molar-refractivity contribution in [3.05, 3.63) is 53.7 Å². The number of rotatable bonds is 7. The summed E-state index contributed by atoms with van der Waals surface area (Å²) in [5.41, 5.74) is 1.50. The number of amides is 4. The Hall–Kier alpha value is -4.19. The third-order valence-electron chi connectivity index (χ3n) is 5.44. The van der Waals surface area contributed by atoms with Crippen LogP contribution in [0.2, 0.25) is 0 Å². The minimum Gasteiger partial charge on any atom is -0.495 e. The number of hydrogen-bond acceptors (Lipinski definition) is 8. The summed E-state index contributed by atoms with van der Waals surface area (Å²) in [6.45, 7) is 3.94. The molecule has 0 radical (unpaired) electrons. The van der Waals surface area contributed by atoms with E-state index in [4.69, 9.17) is 4.74 Å². The normalized spacial score (nSPS) is 13.2. The van der Waals surface area contributed by atoms with Crippen LogP contribution < -0.4 is 25.6 Å². The van der Waals surface area contributed by atoms with Crippen LogP contribution in [-0.4, -0.2) is 66.0 Å². The number of benzene rings is 1. The van der Waals surface area contributed by atoms with Crippen LogP contribution in [0.1, 0.15) is 12.6 Å². The highest BCUT2D eigenvalue weighted by Crippen LogP contribution is 2.28. The number of anilines is 4. The van der Waals surface area contributed by atoms with E-state index in [9.17, 15) is 14.4 Å². The topological polar surface area (TPSA) is 129 Å². The van der Waals surface area contributed by atoms with Gasteiger partial charge in [0.15, 0.2) is 5.13 Å². The summed E-state index contributed by atoms with van der Waals surface area (Å²) in [6.07, 6.45) is 1.77. The van der Waals surface area contributed by atoms with Crippen LogP contribution in [0.25, 0.3) is 0 Å². The molecule has 1 aliphatic rings. The summed E-state index contributed by atoms with van der Waals surface area (Å²) in [7, 11) is 1.50. The molecule has 4 rings (SSSR count). The molecule has 3 heterocycles. The van der Waals surface area contributed by atoms with E-state index in [1.54, 1.807) is 34.7 Å². The maximum Gasteiger partial charge on any atom is 0.323 e. The van der Waals surface area contributed by atoms with Crippen molar-refractivity contribution >= 4 is 51.5 Å². The molecule has 1 aliphatic heterocycles. The summed E-state index contributed by atoms with van der Waals surface area (Å²) in [5, 5.41) is 10.4. The van der Waals surface area contributed by atoms with Gasteiger partial charge < -0.3 is 25.2 Å². The van der Waals surface area contributed by atoms with Gasteiger partial charge in [0.1, 0.15) is 11.6 Å². The smallest absolute Gasteiger partial charge is 0.323 e. The van der Waals surface area contributed by atoms with Crippen LogP contribution in [0.4, 0.5) is 27.1 Å². The molecule has 36 heavy (non-hydrogen) atoms. The third-order valence-corrected chi connectivity index (χ3v) is 6.25. The van der Waals surface area contributed by atoms with Gasteiger partial charge in [-0.05, 0) is 30.3 Å². The Morgan fingerprint density at radius 2 is 1.86 bits per heavy atom. The summed E-state index contributed by atoms with van der Waals surface area (Å²) in [4.78, 5) is 49.2. The fraction of sp³-hybridized carbons (Fsp3) is 0.292. The standard InChI is InChI=1S/C24H27N7O4S/c1-16(32)26-17-6-7-20(35-2)19(13-17)28-22(33)14-18-15-36-23(27-18)29-24(34)31-11-9-30(10-12-31)21-5-3-4-8-25-21/h3-8,13,15H,9-12,14H2,1-2H3,(H,26,32)(H,28,33)(H,27,29,34). The van der Waals surface area contributed by atoms with E-state index in [-0.39, 0.29) is 24.3 Å². The number of carbonyl (C=O) groups is 3. The highest BCUT2D eigenvalue weighted by Gasteiger charge is 2.22. The maximum atomic E-state index is 12.7. The molecule has 4 amide bonds. The SMILES string of the molecule is COc1ccc(NC(C)=O)cc1NC(=O)Cc1csc(NC(=O)N2CCN(c3ccccn3)CC2)n1. The predicted octanol–water partition coefficient (Wildman–Crippen LogP) is 3.04. The molecule has 1 saturated heterocycles. The summed E-state index contributed by atoms with van der Waals surface area (Å²) in [6, 6.07) is 10.5. The van der Waals surface area contributed by atoms with Crippen molar-refractivity contribution in [1.29, 1.82) is 0 Å². The fourth-order valence-corrected chi connectivity index (χ4v) is 4.44. The number of methoxy groups -OCH3 is 1. The van der Waals surface area contributed by atoms with Crippen LogP contribution in [-0.2, 0) is 16.0 Å². The van der Waals surface area contributed by atoms with E-state index in [0.29, 0.717) is 54.1 Å². The molecule has 0 spiro atoms. The lowest BCUT2D eigenvalue weighted by molar-refractivity contribution is -0.116. The fourth-order valence-electron chi connectivity index (χ4n) is 3.74. The molecule has 3 N–H and O–H groups in total. The lowest BCUT2D eigenvalue weighted by atomic mass is 10.2. The van der Waals surface area contributed by atoms with E-state index in [0.717, 1.165) is 5.82 Å². The van der Waals surface area contributed by atoms with Gasteiger partial charge in [0.25, 0.3) is 0 Å². The second-order valence-corrected chi connectivity index (χ2v) is 8.92. The number of nitrogens with zero attached hydrogens (tertiary/aromatic N) is 4. The number of ether oxygens (including phenoxy) is 1. The zero-order valence-electron chi connectivity index (χ0n) is 20.0. The average Bonchev–Trinajstić information content (AvgIpc) is 3.30. The van der Waals surface area contributed by atoms with Crippen molar-refractivity contribution < 1.29 is 19.1 Å². The van der Waals surface area contributed by atoms with Crippen molar-refractivity contribution in [3.8, 4) is 5.75 Å². The quantitative estimate of drug-likeness (QED) is 0.446. The monoisotopic (exact) mass is 509 g/mol. The zero-order valence-corrected chi connectivity index (χ0v) is 20.8. The van der Waals surface area contributed by atoms with Crippen LogP contribution in [0.15, 0.2) is 48.0 Å². The molecule has 1 fully saturated rings. The van der Waals surface area contributed by atoms with Crippen LogP contribution >= 0.6 is 11.3 Å². The van der Waals surface area contributed by atoms with Gasteiger partial charge in [-0.1, -0.05) is 6.07 Å². The number of thiazole rings is 1. The molecule has 0 saturated carbocycles. The van der Waals surface area contributed by atoms with Crippen LogP contribution in [0.3, 0.4) is 0 Å². The molecule has 12 heteroatoms. The molecular formula is C24H27N7O4S. The molecule has 11 nitrogen and oxygen atoms in total. The van der Waals surface area contributed by atoms with Gasteiger partial charge in [0.2, 0.25) is 11.8 Å². The molecule has 1 aromatic carbocycles. The van der Waals surface area contributed by atoms with Crippen molar-refractivity contribution in [2.75, 3.05) is 54.1 Å². The molecule has 188 valence electrons. The number of pyridine rings is 1. The Balaban J connectivity index is 1.29. The molecule has 0 bridgehead atoms. The van der Waals surface area contributed by atoms with E-state index in [2.05, 4.69) is 30.8 Å². The lowest BCUT2D eigenvalue weighted by Crippen LogP contribution is -2.50. The minimum absolute atomic E-state index is 0.0165. The molecule has 0 atom stereocenters. The van der Waals surface area contributed by atoms with Gasteiger partial charge in [0, 0.05) is 50.4 Å². The zero-order chi connectivity index (χ0) is 25.5. The molecule has 2 aromatic heterocycles. The second-order valence-electron chi connectivity index (χ2n) is 8.06. The van der Waals surface area contributed by atoms with Gasteiger partial charge in [0.05, 0.1) is 24.9 Å². The van der Waals surface area contributed by atoms with Gasteiger partial charge in [-0.2, -0.15) is 0 Å². The number of aromatic nitrogens is 2. The number of nitrogens with one attached hydrogen (secondary N) is 3. The largest absolute Gasteiger partial charge is 0.495 e. The minimum atomic E-state index is -0.304. The van der Waals surface area contributed by atoms with E-state index in [1.165, 1.54) is 25.4 Å². The van der Waals surface area contributed by atoms with Crippen molar-refractivity contribution in [3.63, 3.8) is 0 Å². The van der Waals surface area contributed by atoms with Gasteiger partial charge in [-0.3, -0.25) is 14.9 Å². The Morgan fingerprint density at radius 1 is 1.06 bits per heavy atom. The first-order valence-corrected chi connectivity index (χ1v) is 12.2. The maximum absolute atomic E-state index is 12.7. The molecular weight excluding hydrogens is 482 g/mol.